The van der Waals surface area contributed by atoms with Crippen LogP contribution in [0.5, 0.6) is 0 Å². The minimum Gasteiger partial charge on any atom is -0.348 e. The standard InChI is InChI=1S/C13H17N5/c1-2-8-18(9-13-15-6-7-16-13)12(3-1)11-4-5-14-10-17-11/h4-7,10,12H,1-3,8-9H2,(H,15,16). The molecule has 0 aliphatic carbocycles. The van der Waals surface area contributed by atoms with Gasteiger partial charge in [0.15, 0.2) is 0 Å². The molecular formula is C13H17N5. The van der Waals surface area contributed by atoms with Gasteiger partial charge in [0.1, 0.15) is 12.2 Å². The van der Waals surface area contributed by atoms with E-state index in [1.54, 1.807) is 12.5 Å². The van der Waals surface area contributed by atoms with Crippen molar-refractivity contribution in [2.24, 2.45) is 0 Å². The second-order valence-electron chi connectivity index (χ2n) is 4.65. The highest BCUT2D eigenvalue weighted by Gasteiger charge is 2.25. The van der Waals surface area contributed by atoms with Gasteiger partial charge in [-0.25, -0.2) is 15.0 Å². The van der Waals surface area contributed by atoms with Crippen molar-refractivity contribution in [3.8, 4) is 0 Å². The molecule has 2 aromatic heterocycles. The van der Waals surface area contributed by atoms with Gasteiger partial charge in [-0.3, -0.25) is 4.90 Å². The highest BCUT2D eigenvalue weighted by molar-refractivity contribution is 5.06. The van der Waals surface area contributed by atoms with E-state index in [2.05, 4.69) is 24.8 Å². The lowest BCUT2D eigenvalue weighted by atomic mass is 9.99. The Labute approximate surface area is 106 Å². The normalized spacial score (nSPS) is 21.0. The molecule has 1 atom stereocenters. The summed E-state index contributed by atoms with van der Waals surface area (Å²) in [5.74, 6) is 1.02. The lowest BCUT2D eigenvalue weighted by Crippen LogP contribution is -2.33. The molecule has 5 nitrogen and oxygen atoms in total. The van der Waals surface area contributed by atoms with E-state index in [0.717, 1.165) is 31.0 Å². The molecule has 2 aromatic rings. The maximum atomic E-state index is 4.40. The Morgan fingerprint density at radius 2 is 2.28 bits per heavy atom. The second-order valence-corrected chi connectivity index (χ2v) is 4.65. The van der Waals surface area contributed by atoms with Crippen LogP contribution in [0.25, 0.3) is 0 Å². The fourth-order valence-corrected chi connectivity index (χ4v) is 2.59. The van der Waals surface area contributed by atoms with Gasteiger partial charge in [0.2, 0.25) is 0 Å². The third kappa shape index (κ3) is 2.41. The number of aromatic nitrogens is 4. The molecule has 0 bridgehead atoms. The molecule has 1 saturated heterocycles. The second kappa shape index (κ2) is 5.27. The molecular weight excluding hydrogens is 226 g/mol. The highest BCUT2D eigenvalue weighted by atomic mass is 15.2. The van der Waals surface area contributed by atoms with Crippen molar-refractivity contribution >= 4 is 0 Å². The number of imidazole rings is 1. The summed E-state index contributed by atoms with van der Waals surface area (Å²) in [7, 11) is 0. The molecule has 1 aliphatic heterocycles. The summed E-state index contributed by atoms with van der Waals surface area (Å²) in [6.07, 6.45) is 10.8. The Balaban J connectivity index is 1.78. The van der Waals surface area contributed by atoms with Crippen molar-refractivity contribution in [2.75, 3.05) is 6.54 Å². The van der Waals surface area contributed by atoms with E-state index >= 15 is 0 Å². The van der Waals surface area contributed by atoms with E-state index in [1.165, 1.54) is 12.8 Å². The minimum atomic E-state index is 0.395. The monoisotopic (exact) mass is 243 g/mol. The summed E-state index contributed by atoms with van der Waals surface area (Å²) < 4.78 is 0. The van der Waals surface area contributed by atoms with Gasteiger partial charge in [0, 0.05) is 18.6 Å². The van der Waals surface area contributed by atoms with Gasteiger partial charge in [-0.05, 0) is 25.5 Å². The maximum absolute atomic E-state index is 4.40. The number of hydrogen-bond donors (Lipinski definition) is 1. The molecule has 1 aliphatic rings. The first kappa shape index (κ1) is 11.3. The van der Waals surface area contributed by atoms with Gasteiger partial charge in [-0.1, -0.05) is 6.42 Å². The Kier molecular flexibility index (Phi) is 3.32. The third-order valence-electron chi connectivity index (χ3n) is 3.47. The summed E-state index contributed by atoms with van der Waals surface area (Å²) in [6.45, 7) is 1.97. The molecule has 0 amide bonds. The molecule has 0 aromatic carbocycles. The van der Waals surface area contributed by atoms with Crippen molar-refractivity contribution in [2.45, 2.75) is 31.8 Å². The molecule has 0 saturated carbocycles. The zero-order valence-corrected chi connectivity index (χ0v) is 10.3. The average Bonchev–Trinajstić information content (AvgIpc) is 2.93. The number of likely N-dealkylation sites (tertiary alicyclic amines) is 1. The van der Waals surface area contributed by atoms with Crippen molar-refractivity contribution in [1.29, 1.82) is 0 Å². The Morgan fingerprint density at radius 3 is 3.06 bits per heavy atom. The first-order chi connectivity index (χ1) is 8.93. The molecule has 1 N–H and O–H groups in total. The Bertz CT molecular complexity index is 467. The lowest BCUT2D eigenvalue weighted by molar-refractivity contribution is 0.134. The van der Waals surface area contributed by atoms with Crippen LogP contribution in [-0.4, -0.2) is 31.4 Å². The summed E-state index contributed by atoms with van der Waals surface area (Å²) in [5.41, 5.74) is 1.12. The predicted molar refractivity (Wildman–Crippen MR) is 67.6 cm³/mol. The number of aromatic amines is 1. The first-order valence-corrected chi connectivity index (χ1v) is 6.42. The van der Waals surface area contributed by atoms with Gasteiger partial charge < -0.3 is 4.98 Å². The van der Waals surface area contributed by atoms with Crippen molar-refractivity contribution in [3.05, 3.63) is 42.5 Å². The average molecular weight is 243 g/mol. The summed E-state index contributed by atoms with van der Waals surface area (Å²) in [4.78, 5) is 18.3. The van der Waals surface area contributed by atoms with Gasteiger partial charge in [0.05, 0.1) is 18.3 Å². The summed E-state index contributed by atoms with van der Waals surface area (Å²) >= 11 is 0. The van der Waals surface area contributed by atoms with Gasteiger partial charge in [-0.2, -0.15) is 0 Å². The van der Waals surface area contributed by atoms with E-state index in [9.17, 15) is 0 Å². The molecule has 1 unspecified atom stereocenters. The van der Waals surface area contributed by atoms with Crippen LogP contribution in [0.4, 0.5) is 0 Å². The van der Waals surface area contributed by atoms with Gasteiger partial charge in [0.25, 0.3) is 0 Å². The van der Waals surface area contributed by atoms with Gasteiger partial charge in [-0.15, -0.1) is 0 Å². The van der Waals surface area contributed by atoms with Crippen LogP contribution in [0.1, 0.15) is 36.8 Å². The van der Waals surface area contributed by atoms with E-state index in [-0.39, 0.29) is 0 Å². The van der Waals surface area contributed by atoms with Crippen LogP contribution in [0.3, 0.4) is 0 Å². The quantitative estimate of drug-likeness (QED) is 0.895. The number of nitrogens with zero attached hydrogens (tertiary/aromatic N) is 4. The Morgan fingerprint density at radius 1 is 1.28 bits per heavy atom. The fourth-order valence-electron chi connectivity index (χ4n) is 2.59. The zero-order chi connectivity index (χ0) is 12.2. The molecule has 3 rings (SSSR count). The molecule has 5 heteroatoms. The highest BCUT2D eigenvalue weighted by Crippen LogP contribution is 2.30. The number of piperidine rings is 1. The number of nitrogens with one attached hydrogen (secondary N) is 1. The van der Waals surface area contributed by atoms with Crippen LogP contribution in [0, 0.1) is 0 Å². The van der Waals surface area contributed by atoms with Crippen LogP contribution >= 0.6 is 0 Å². The molecule has 0 radical (unpaired) electrons. The topological polar surface area (TPSA) is 57.7 Å². The van der Waals surface area contributed by atoms with E-state index < -0.39 is 0 Å². The van der Waals surface area contributed by atoms with Gasteiger partial charge >= 0.3 is 0 Å². The largest absolute Gasteiger partial charge is 0.348 e. The number of rotatable bonds is 3. The van der Waals surface area contributed by atoms with Crippen molar-refractivity contribution in [1.82, 2.24) is 24.8 Å². The van der Waals surface area contributed by atoms with E-state index in [0.29, 0.717) is 6.04 Å². The van der Waals surface area contributed by atoms with Crippen LogP contribution in [0.2, 0.25) is 0 Å². The molecule has 1 fully saturated rings. The smallest absolute Gasteiger partial charge is 0.120 e. The SMILES string of the molecule is c1cc(C2CCCCN2Cc2ncc[nH]2)ncn1. The Hall–Kier alpha value is -1.75. The maximum Gasteiger partial charge on any atom is 0.120 e. The molecule has 94 valence electrons. The van der Waals surface area contributed by atoms with Crippen molar-refractivity contribution < 1.29 is 0 Å². The third-order valence-corrected chi connectivity index (χ3v) is 3.47. The predicted octanol–water partition coefficient (Wildman–Crippen LogP) is 1.93. The minimum absolute atomic E-state index is 0.395. The van der Waals surface area contributed by atoms with Crippen LogP contribution in [0.15, 0.2) is 31.0 Å². The number of H-pyrrole nitrogens is 1. The molecule has 0 spiro atoms. The zero-order valence-electron chi connectivity index (χ0n) is 10.3. The van der Waals surface area contributed by atoms with E-state index in [1.807, 2.05) is 18.5 Å². The van der Waals surface area contributed by atoms with Crippen molar-refractivity contribution in [3.63, 3.8) is 0 Å². The molecule has 18 heavy (non-hydrogen) atoms. The number of hydrogen-bond acceptors (Lipinski definition) is 4. The lowest BCUT2D eigenvalue weighted by Gasteiger charge is -2.34. The fraction of sp³-hybridized carbons (Fsp3) is 0.462. The summed E-state index contributed by atoms with van der Waals surface area (Å²) in [6, 6.07) is 2.41. The summed E-state index contributed by atoms with van der Waals surface area (Å²) in [5, 5.41) is 0. The van der Waals surface area contributed by atoms with E-state index in [4.69, 9.17) is 0 Å². The van der Waals surface area contributed by atoms with Crippen LogP contribution in [-0.2, 0) is 6.54 Å². The first-order valence-electron chi connectivity index (χ1n) is 6.42. The molecule has 3 heterocycles. The van der Waals surface area contributed by atoms with Crippen LogP contribution < -0.4 is 0 Å².